The Bertz CT molecular complexity index is 683. The lowest BCUT2D eigenvalue weighted by atomic mass is 10.0. The molecule has 0 spiro atoms. The first kappa shape index (κ1) is 16.3. The van der Waals surface area contributed by atoms with Crippen LogP contribution in [0.25, 0.3) is 11.1 Å². The molecule has 0 amide bonds. The zero-order valence-corrected chi connectivity index (χ0v) is 12.4. The van der Waals surface area contributed by atoms with Crippen LogP contribution in [-0.4, -0.2) is 6.61 Å². The smallest absolute Gasteiger partial charge is 0.201 e. The van der Waals surface area contributed by atoms with Crippen molar-refractivity contribution in [3.8, 4) is 16.9 Å². The minimum atomic E-state index is -1.25. The second-order valence-electron chi connectivity index (χ2n) is 5.00. The minimum Gasteiger partial charge on any atom is -0.490 e. The number of hydrogen-bond donors (Lipinski definition) is 0. The SMILES string of the molecule is CCCCOc1ccc(-c2ccc(C)c(F)c2F)c(F)c1F. The first-order valence-electron chi connectivity index (χ1n) is 7.03. The number of aryl methyl sites for hydroxylation is 1. The fourth-order valence-corrected chi connectivity index (χ4v) is 2.03. The maximum absolute atomic E-state index is 14.1. The predicted octanol–water partition coefficient (Wildman–Crippen LogP) is 5.40. The molecule has 0 saturated heterocycles. The maximum Gasteiger partial charge on any atom is 0.201 e. The van der Waals surface area contributed by atoms with Gasteiger partial charge in [0.2, 0.25) is 5.82 Å². The number of hydrogen-bond acceptors (Lipinski definition) is 1. The quantitative estimate of drug-likeness (QED) is 0.531. The Morgan fingerprint density at radius 1 is 0.818 bits per heavy atom. The summed E-state index contributed by atoms with van der Waals surface area (Å²) in [4.78, 5) is 0. The van der Waals surface area contributed by atoms with Gasteiger partial charge in [-0.25, -0.2) is 13.2 Å². The van der Waals surface area contributed by atoms with Gasteiger partial charge in [-0.05, 0) is 31.0 Å². The van der Waals surface area contributed by atoms with Crippen molar-refractivity contribution in [3.63, 3.8) is 0 Å². The summed E-state index contributed by atoms with van der Waals surface area (Å²) >= 11 is 0. The van der Waals surface area contributed by atoms with Crippen molar-refractivity contribution in [2.24, 2.45) is 0 Å². The molecule has 0 radical (unpaired) electrons. The van der Waals surface area contributed by atoms with Crippen molar-refractivity contribution in [1.82, 2.24) is 0 Å². The van der Waals surface area contributed by atoms with Crippen LogP contribution < -0.4 is 4.74 Å². The van der Waals surface area contributed by atoms with Crippen LogP contribution in [0.2, 0.25) is 0 Å². The van der Waals surface area contributed by atoms with E-state index in [4.69, 9.17) is 4.74 Å². The summed E-state index contributed by atoms with van der Waals surface area (Å²) in [6, 6.07) is 4.95. The molecule has 0 fully saturated rings. The predicted molar refractivity (Wildman–Crippen MR) is 76.9 cm³/mol. The fraction of sp³-hybridized carbons (Fsp3) is 0.294. The van der Waals surface area contributed by atoms with E-state index in [9.17, 15) is 17.6 Å². The summed E-state index contributed by atoms with van der Waals surface area (Å²) in [5.74, 6) is -4.95. The van der Waals surface area contributed by atoms with Gasteiger partial charge >= 0.3 is 0 Å². The lowest BCUT2D eigenvalue weighted by Gasteiger charge is -2.11. The molecule has 0 aliphatic heterocycles. The summed E-state index contributed by atoms with van der Waals surface area (Å²) < 4.78 is 60.7. The molecular formula is C17H16F4O. The van der Waals surface area contributed by atoms with Crippen molar-refractivity contribution in [2.75, 3.05) is 6.61 Å². The number of halogens is 4. The molecule has 0 aliphatic carbocycles. The number of rotatable bonds is 5. The fourth-order valence-electron chi connectivity index (χ4n) is 2.03. The summed E-state index contributed by atoms with van der Waals surface area (Å²) in [7, 11) is 0. The van der Waals surface area contributed by atoms with E-state index in [1.807, 2.05) is 6.92 Å². The Morgan fingerprint density at radius 2 is 1.41 bits per heavy atom. The van der Waals surface area contributed by atoms with Gasteiger partial charge in [-0.1, -0.05) is 25.5 Å². The van der Waals surface area contributed by atoms with Crippen molar-refractivity contribution in [1.29, 1.82) is 0 Å². The monoisotopic (exact) mass is 312 g/mol. The Morgan fingerprint density at radius 3 is 2.05 bits per heavy atom. The molecule has 0 aromatic heterocycles. The normalized spacial score (nSPS) is 10.8. The summed E-state index contributed by atoms with van der Waals surface area (Å²) in [5.41, 5.74) is -0.557. The van der Waals surface area contributed by atoms with Gasteiger partial charge in [0.05, 0.1) is 6.61 Å². The molecular weight excluding hydrogens is 296 g/mol. The van der Waals surface area contributed by atoms with Gasteiger partial charge < -0.3 is 4.74 Å². The van der Waals surface area contributed by atoms with Crippen LogP contribution in [0, 0.1) is 30.2 Å². The second kappa shape index (κ2) is 6.81. The van der Waals surface area contributed by atoms with Crippen LogP contribution in [0.1, 0.15) is 25.3 Å². The highest BCUT2D eigenvalue weighted by Crippen LogP contribution is 2.32. The molecule has 0 saturated carbocycles. The largest absolute Gasteiger partial charge is 0.490 e. The molecule has 0 N–H and O–H groups in total. The Hall–Kier alpha value is -2.04. The van der Waals surface area contributed by atoms with Crippen molar-refractivity contribution in [3.05, 3.63) is 53.1 Å². The molecule has 0 atom stereocenters. The lowest BCUT2D eigenvalue weighted by Crippen LogP contribution is -2.02. The highest BCUT2D eigenvalue weighted by molar-refractivity contribution is 5.66. The van der Waals surface area contributed by atoms with Gasteiger partial charge in [-0.2, -0.15) is 4.39 Å². The van der Waals surface area contributed by atoms with Crippen LogP contribution >= 0.6 is 0 Å². The van der Waals surface area contributed by atoms with Gasteiger partial charge in [-0.3, -0.25) is 0 Å². The molecule has 22 heavy (non-hydrogen) atoms. The van der Waals surface area contributed by atoms with Gasteiger partial charge in [0.1, 0.15) is 0 Å². The van der Waals surface area contributed by atoms with Gasteiger partial charge in [0.25, 0.3) is 0 Å². The lowest BCUT2D eigenvalue weighted by molar-refractivity contribution is 0.289. The third-order valence-electron chi connectivity index (χ3n) is 3.37. The van der Waals surface area contributed by atoms with Crippen molar-refractivity contribution in [2.45, 2.75) is 26.7 Å². The van der Waals surface area contributed by atoms with Crippen LogP contribution in [0.3, 0.4) is 0 Å². The summed E-state index contributed by atoms with van der Waals surface area (Å²) in [6.07, 6.45) is 1.57. The Labute approximate surface area is 126 Å². The Kier molecular flexibility index (Phi) is 5.06. The molecule has 118 valence electrons. The van der Waals surface area contributed by atoms with Crippen molar-refractivity contribution >= 4 is 0 Å². The van der Waals surface area contributed by atoms with Crippen LogP contribution in [-0.2, 0) is 0 Å². The molecule has 0 aliphatic rings. The zero-order chi connectivity index (χ0) is 16.3. The van der Waals surface area contributed by atoms with E-state index in [0.717, 1.165) is 6.42 Å². The van der Waals surface area contributed by atoms with E-state index in [1.54, 1.807) is 0 Å². The van der Waals surface area contributed by atoms with Crippen LogP contribution in [0.15, 0.2) is 24.3 Å². The van der Waals surface area contributed by atoms with E-state index in [1.165, 1.54) is 31.2 Å². The molecule has 2 aromatic carbocycles. The molecule has 0 heterocycles. The second-order valence-corrected chi connectivity index (χ2v) is 5.00. The van der Waals surface area contributed by atoms with Crippen molar-refractivity contribution < 1.29 is 22.3 Å². The Balaban J connectivity index is 2.42. The minimum absolute atomic E-state index is 0.0987. The standard InChI is InChI=1S/C17H16F4O/c1-3-4-9-22-13-8-7-12(16(20)17(13)21)11-6-5-10(2)14(18)15(11)19/h5-8H,3-4,9H2,1-2H3. The number of unbranched alkanes of at least 4 members (excludes halogenated alkanes) is 1. The molecule has 5 heteroatoms. The topological polar surface area (TPSA) is 9.23 Å². The van der Waals surface area contributed by atoms with E-state index in [2.05, 4.69) is 0 Å². The van der Waals surface area contributed by atoms with E-state index in [-0.39, 0.29) is 29.0 Å². The third-order valence-corrected chi connectivity index (χ3v) is 3.37. The summed E-state index contributed by atoms with van der Waals surface area (Å²) in [6.45, 7) is 3.60. The molecule has 1 nitrogen and oxygen atoms in total. The first-order chi connectivity index (χ1) is 10.5. The maximum atomic E-state index is 14.1. The third kappa shape index (κ3) is 3.08. The first-order valence-corrected chi connectivity index (χ1v) is 7.03. The van der Waals surface area contributed by atoms with Gasteiger partial charge in [0, 0.05) is 11.1 Å². The average molecular weight is 312 g/mol. The van der Waals surface area contributed by atoms with E-state index in [0.29, 0.717) is 6.42 Å². The molecule has 2 rings (SSSR count). The molecule has 2 aromatic rings. The van der Waals surface area contributed by atoms with E-state index >= 15 is 0 Å². The number of benzene rings is 2. The number of ether oxygens (including phenoxy) is 1. The van der Waals surface area contributed by atoms with Crippen LogP contribution in [0.5, 0.6) is 5.75 Å². The van der Waals surface area contributed by atoms with Gasteiger partial charge in [0.15, 0.2) is 23.2 Å². The summed E-state index contributed by atoms with van der Waals surface area (Å²) in [5, 5.41) is 0. The molecule has 0 unspecified atom stereocenters. The zero-order valence-electron chi connectivity index (χ0n) is 12.4. The average Bonchev–Trinajstić information content (AvgIpc) is 2.50. The highest BCUT2D eigenvalue weighted by atomic mass is 19.2. The van der Waals surface area contributed by atoms with Gasteiger partial charge in [-0.15, -0.1) is 0 Å². The highest BCUT2D eigenvalue weighted by Gasteiger charge is 2.20. The van der Waals surface area contributed by atoms with Crippen LogP contribution in [0.4, 0.5) is 17.6 Å². The van der Waals surface area contributed by atoms with E-state index < -0.39 is 23.3 Å². The molecule has 0 bridgehead atoms.